The van der Waals surface area contributed by atoms with E-state index in [9.17, 15) is 30.7 Å². The van der Waals surface area contributed by atoms with Gasteiger partial charge in [0.2, 0.25) is 0 Å². The third-order valence-corrected chi connectivity index (χ3v) is 3.12. The Hall–Kier alpha value is -2.25. The fraction of sp³-hybridized carbons (Fsp3) is 0.200. The Balaban J connectivity index is 2.49. The number of rotatable bonds is 2. The van der Waals surface area contributed by atoms with Crippen LogP contribution in [0.2, 0.25) is 0 Å². The summed E-state index contributed by atoms with van der Waals surface area (Å²) in [5.41, 5.74) is 2.24. The number of hydrogen-bond acceptors (Lipinski definition) is 1. The first-order valence-electron chi connectivity index (χ1n) is 6.29. The standard InChI is InChI=1S/C15H10F7N/c16-13-7-12(23)2-1-9(13)3-8-4-10(14(17,18)19)6-11(5-8)15(20,21)22/h1-2,4-7H,3,23H2. The van der Waals surface area contributed by atoms with Gasteiger partial charge in [0.15, 0.2) is 0 Å². The number of halogens is 7. The zero-order chi connectivity index (χ0) is 17.4. The maximum absolute atomic E-state index is 13.7. The van der Waals surface area contributed by atoms with E-state index < -0.39 is 35.7 Å². The van der Waals surface area contributed by atoms with Crippen LogP contribution in [0, 0.1) is 5.82 Å². The average molecular weight is 337 g/mol. The molecule has 0 saturated heterocycles. The molecule has 0 aromatic heterocycles. The first kappa shape index (κ1) is 17.1. The summed E-state index contributed by atoms with van der Waals surface area (Å²) in [6.45, 7) is 0. The number of nitrogens with two attached hydrogens (primary N) is 1. The van der Waals surface area contributed by atoms with Crippen molar-refractivity contribution in [1.29, 1.82) is 0 Å². The maximum Gasteiger partial charge on any atom is 0.416 e. The van der Waals surface area contributed by atoms with E-state index >= 15 is 0 Å². The van der Waals surface area contributed by atoms with Gasteiger partial charge >= 0.3 is 12.4 Å². The van der Waals surface area contributed by atoms with Crippen LogP contribution in [0.15, 0.2) is 36.4 Å². The summed E-state index contributed by atoms with van der Waals surface area (Å²) in [4.78, 5) is 0. The van der Waals surface area contributed by atoms with Crippen LogP contribution in [0.5, 0.6) is 0 Å². The zero-order valence-electron chi connectivity index (χ0n) is 11.4. The molecule has 0 amide bonds. The van der Waals surface area contributed by atoms with E-state index in [-0.39, 0.29) is 22.9 Å². The van der Waals surface area contributed by atoms with Gasteiger partial charge in [-0.05, 0) is 41.5 Å². The summed E-state index contributed by atoms with van der Waals surface area (Å²) in [5.74, 6) is -0.795. The van der Waals surface area contributed by atoms with Crippen molar-refractivity contribution >= 4 is 5.69 Å². The molecule has 0 heterocycles. The second-order valence-corrected chi connectivity index (χ2v) is 4.94. The van der Waals surface area contributed by atoms with Crippen molar-refractivity contribution in [2.45, 2.75) is 18.8 Å². The lowest BCUT2D eigenvalue weighted by Crippen LogP contribution is -2.12. The van der Waals surface area contributed by atoms with Crippen molar-refractivity contribution in [2.24, 2.45) is 0 Å². The Bertz CT molecular complexity index is 684. The normalized spacial score (nSPS) is 12.5. The Labute approximate surface area is 126 Å². The van der Waals surface area contributed by atoms with Crippen LogP contribution in [0.25, 0.3) is 0 Å². The van der Waals surface area contributed by atoms with Gasteiger partial charge in [0.05, 0.1) is 11.1 Å². The van der Waals surface area contributed by atoms with Crippen LogP contribution in [0.3, 0.4) is 0 Å². The molecule has 2 N–H and O–H groups in total. The van der Waals surface area contributed by atoms with Crippen LogP contribution in [-0.4, -0.2) is 0 Å². The summed E-state index contributed by atoms with van der Waals surface area (Å²) < 4.78 is 90.2. The molecule has 0 aliphatic carbocycles. The number of benzene rings is 2. The van der Waals surface area contributed by atoms with Crippen molar-refractivity contribution in [2.75, 3.05) is 5.73 Å². The van der Waals surface area contributed by atoms with E-state index in [0.29, 0.717) is 12.1 Å². The molecule has 0 saturated carbocycles. The Morgan fingerprint density at radius 2 is 1.30 bits per heavy atom. The minimum Gasteiger partial charge on any atom is -0.399 e. The second-order valence-electron chi connectivity index (χ2n) is 4.94. The predicted octanol–water partition coefficient (Wildman–Crippen LogP) is 5.04. The first-order valence-corrected chi connectivity index (χ1v) is 6.29. The summed E-state index contributed by atoms with van der Waals surface area (Å²) in [6, 6.07) is 4.67. The van der Waals surface area contributed by atoms with Gasteiger partial charge in [-0.25, -0.2) is 4.39 Å². The summed E-state index contributed by atoms with van der Waals surface area (Å²) in [5, 5.41) is 0. The molecule has 0 spiro atoms. The van der Waals surface area contributed by atoms with Crippen molar-refractivity contribution in [1.82, 2.24) is 0 Å². The Morgan fingerprint density at radius 3 is 1.74 bits per heavy atom. The second kappa shape index (κ2) is 5.75. The Kier molecular flexibility index (Phi) is 4.28. The molecule has 0 unspecified atom stereocenters. The van der Waals surface area contributed by atoms with E-state index in [2.05, 4.69) is 0 Å². The minimum atomic E-state index is -4.93. The topological polar surface area (TPSA) is 26.0 Å². The molecular formula is C15H10F7N. The molecule has 124 valence electrons. The van der Waals surface area contributed by atoms with Crippen molar-refractivity contribution < 1.29 is 30.7 Å². The molecule has 0 atom stereocenters. The van der Waals surface area contributed by atoms with Crippen LogP contribution in [0.1, 0.15) is 22.3 Å². The first-order chi connectivity index (χ1) is 10.5. The molecule has 0 bridgehead atoms. The molecule has 2 aromatic carbocycles. The molecule has 0 aliphatic heterocycles. The van der Waals surface area contributed by atoms with Crippen LogP contribution >= 0.6 is 0 Å². The summed E-state index contributed by atoms with van der Waals surface area (Å²) in [7, 11) is 0. The number of hydrogen-bond donors (Lipinski definition) is 1. The molecular weight excluding hydrogens is 327 g/mol. The molecule has 2 rings (SSSR count). The molecule has 0 aliphatic rings. The molecule has 8 heteroatoms. The monoisotopic (exact) mass is 337 g/mol. The van der Waals surface area contributed by atoms with Gasteiger partial charge in [-0.3, -0.25) is 0 Å². The molecule has 23 heavy (non-hydrogen) atoms. The fourth-order valence-electron chi connectivity index (χ4n) is 2.05. The van der Waals surface area contributed by atoms with Gasteiger partial charge in [0.25, 0.3) is 0 Å². The van der Waals surface area contributed by atoms with Crippen molar-refractivity contribution in [3.8, 4) is 0 Å². The highest BCUT2D eigenvalue weighted by Gasteiger charge is 2.36. The molecule has 1 nitrogen and oxygen atoms in total. The number of nitrogen functional groups attached to an aromatic ring is 1. The largest absolute Gasteiger partial charge is 0.416 e. The third kappa shape index (κ3) is 4.14. The van der Waals surface area contributed by atoms with E-state index in [1.54, 1.807) is 0 Å². The third-order valence-electron chi connectivity index (χ3n) is 3.12. The van der Waals surface area contributed by atoms with E-state index in [1.807, 2.05) is 0 Å². The van der Waals surface area contributed by atoms with E-state index in [4.69, 9.17) is 5.73 Å². The predicted molar refractivity (Wildman–Crippen MR) is 70.1 cm³/mol. The molecule has 0 radical (unpaired) electrons. The zero-order valence-corrected chi connectivity index (χ0v) is 11.4. The number of alkyl halides is 6. The minimum absolute atomic E-state index is 0.0306. The lowest BCUT2D eigenvalue weighted by Gasteiger charge is -2.14. The smallest absolute Gasteiger partial charge is 0.399 e. The van der Waals surface area contributed by atoms with Crippen molar-refractivity contribution in [3.05, 3.63) is 64.5 Å². The molecule has 2 aromatic rings. The lowest BCUT2D eigenvalue weighted by atomic mass is 9.99. The van der Waals surface area contributed by atoms with E-state index in [1.165, 1.54) is 12.1 Å². The van der Waals surface area contributed by atoms with Gasteiger partial charge in [-0.1, -0.05) is 6.07 Å². The quantitative estimate of drug-likeness (QED) is 0.603. The summed E-state index contributed by atoms with van der Waals surface area (Å²) in [6.07, 6.45) is -10.3. The van der Waals surface area contributed by atoms with Gasteiger partial charge in [0.1, 0.15) is 5.82 Å². The van der Waals surface area contributed by atoms with E-state index in [0.717, 1.165) is 6.07 Å². The van der Waals surface area contributed by atoms with Crippen LogP contribution < -0.4 is 5.73 Å². The van der Waals surface area contributed by atoms with Crippen LogP contribution in [-0.2, 0) is 18.8 Å². The van der Waals surface area contributed by atoms with Gasteiger partial charge in [0, 0.05) is 12.1 Å². The SMILES string of the molecule is Nc1ccc(Cc2cc(C(F)(F)F)cc(C(F)(F)F)c2)c(F)c1. The number of anilines is 1. The maximum atomic E-state index is 13.7. The average Bonchev–Trinajstić information content (AvgIpc) is 2.40. The Morgan fingerprint density at radius 1 is 0.783 bits per heavy atom. The highest BCUT2D eigenvalue weighted by Crippen LogP contribution is 2.36. The highest BCUT2D eigenvalue weighted by molar-refractivity contribution is 5.43. The fourth-order valence-corrected chi connectivity index (χ4v) is 2.05. The molecule has 0 fully saturated rings. The lowest BCUT2D eigenvalue weighted by molar-refractivity contribution is -0.143. The van der Waals surface area contributed by atoms with Gasteiger partial charge in [-0.15, -0.1) is 0 Å². The highest BCUT2D eigenvalue weighted by atomic mass is 19.4. The van der Waals surface area contributed by atoms with Crippen LogP contribution in [0.4, 0.5) is 36.4 Å². The van der Waals surface area contributed by atoms with Gasteiger partial charge < -0.3 is 5.73 Å². The van der Waals surface area contributed by atoms with Gasteiger partial charge in [-0.2, -0.15) is 26.3 Å². The summed E-state index contributed by atoms with van der Waals surface area (Å²) >= 11 is 0. The van der Waals surface area contributed by atoms with Crippen molar-refractivity contribution in [3.63, 3.8) is 0 Å².